The summed E-state index contributed by atoms with van der Waals surface area (Å²) in [5.41, 5.74) is 0. The van der Waals surface area contributed by atoms with Crippen molar-refractivity contribution in [2.75, 3.05) is 5.75 Å². The molecule has 4 nitrogen and oxygen atoms in total. The van der Waals surface area contributed by atoms with Crippen LogP contribution in [0.25, 0.3) is 0 Å². The van der Waals surface area contributed by atoms with Crippen molar-refractivity contribution in [3.8, 4) is 0 Å². The van der Waals surface area contributed by atoms with Gasteiger partial charge in [0.2, 0.25) is 5.91 Å². The van der Waals surface area contributed by atoms with Gasteiger partial charge in [-0.2, -0.15) is 10.1 Å². The van der Waals surface area contributed by atoms with E-state index in [0.717, 1.165) is 0 Å². The minimum atomic E-state index is -0.0911. The second-order valence-electron chi connectivity index (χ2n) is 3.10. The third-order valence-corrected chi connectivity index (χ3v) is 2.28. The summed E-state index contributed by atoms with van der Waals surface area (Å²) in [6.07, 6.45) is 2.13. The molecule has 0 spiro atoms. The van der Waals surface area contributed by atoms with Crippen LogP contribution in [0.4, 0.5) is 0 Å². The molecule has 1 aliphatic rings. The summed E-state index contributed by atoms with van der Waals surface area (Å²) in [7, 11) is 0. The minimum absolute atomic E-state index is 0.0911. The van der Waals surface area contributed by atoms with Crippen molar-refractivity contribution in [2.45, 2.75) is 20.3 Å². The number of hydrogen-bond acceptors (Lipinski definition) is 4. The van der Waals surface area contributed by atoms with E-state index in [1.54, 1.807) is 6.21 Å². The molecule has 1 saturated heterocycles. The number of carbonyl (C=O) groups excluding carboxylic acids is 1. The molecule has 0 aromatic rings. The first-order valence-electron chi connectivity index (χ1n) is 4.61. The third kappa shape index (κ3) is 2.84. The molecule has 72 valence electrons. The highest BCUT2D eigenvalue weighted by molar-refractivity contribution is 8.13. The molecule has 1 aliphatic heterocycles. The molecule has 0 saturated carbocycles. The van der Waals surface area contributed by atoms with Crippen LogP contribution in [0.2, 0.25) is 1.41 Å². The fourth-order valence-corrected chi connectivity index (χ4v) is 1.55. The SMILES string of the molecule is [2H]/N=C1\SCCC(=O)N1/N=C/C(C)C. The Labute approximate surface area is 83.3 Å². The zero-order valence-electron chi connectivity index (χ0n) is 8.73. The van der Waals surface area contributed by atoms with Gasteiger partial charge >= 0.3 is 0 Å². The molecule has 0 unspecified atom stereocenters. The predicted octanol–water partition coefficient (Wildman–Crippen LogP) is 1.53. The zero-order valence-corrected chi connectivity index (χ0v) is 8.54. The maximum Gasteiger partial charge on any atom is 0.250 e. The number of rotatable bonds is 2. The van der Waals surface area contributed by atoms with Gasteiger partial charge < -0.3 is 0 Å². The van der Waals surface area contributed by atoms with Gasteiger partial charge in [-0.1, -0.05) is 25.6 Å². The van der Waals surface area contributed by atoms with Gasteiger partial charge in [0.15, 0.2) is 6.58 Å². The number of nitrogens with zero attached hydrogens (tertiary/aromatic N) is 2. The van der Waals surface area contributed by atoms with Crippen LogP contribution in [0.5, 0.6) is 0 Å². The van der Waals surface area contributed by atoms with Gasteiger partial charge in [0.05, 0.1) is 0 Å². The normalized spacial score (nSPS) is 23.3. The average molecular weight is 200 g/mol. The molecule has 13 heavy (non-hydrogen) atoms. The summed E-state index contributed by atoms with van der Waals surface area (Å²) in [5, 5.41) is 8.85. The second kappa shape index (κ2) is 4.41. The summed E-state index contributed by atoms with van der Waals surface area (Å²) in [5.74, 6) is 0.873. The lowest BCUT2D eigenvalue weighted by molar-refractivity contribution is -0.127. The summed E-state index contributed by atoms with van der Waals surface area (Å²) in [6.45, 7) is 3.95. The van der Waals surface area contributed by atoms with E-state index in [1.165, 1.54) is 16.8 Å². The van der Waals surface area contributed by atoms with Crippen LogP contribution in [0, 0.1) is 11.3 Å². The van der Waals surface area contributed by atoms with Gasteiger partial charge in [0.1, 0.15) is 0 Å². The Balaban J connectivity index is 2.75. The van der Waals surface area contributed by atoms with Crippen molar-refractivity contribution in [1.29, 1.82) is 5.40 Å². The van der Waals surface area contributed by atoms with Crippen LogP contribution in [0.1, 0.15) is 20.3 Å². The fraction of sp³-hybridized carbons (Fsp3) is 0.625. The van der Waals surface area contributed by atoms with Gasteiger partial charge in [-0.05, 0) is 5.92 Å². The van der Waals surface area contributed by atoms with Crippen molar-refractivity contribution < 1.29 is 6.21 Å². The predicted molar refractivity (Wildman–Crippen MR) is 55.0 cm³/mol. The quantitative estimate of drug-likeness (QED) is 0.687. The molecule has 1 rings (SSSR count). The molecule has 1 fully saturated rings. The average Bonchev–Trinajstić information content (AvgIpc) is 2.15. The van der Waals surface area contributed by atoms with Crippen molar-refractivity contribution in [2.24, 2.45) is 11.0 Å². The Morgan fingerprint density at radius 3 is 3.23 bits per heavy atom. The zero-order chi connectivity index (χ0) is 10.6. The van der Waals surface area contributed by atoms with Crippen LogP contribution in [-0.2, 0) is 4.79 Å². The number of carbonyl (C=O) groups is 1. The highest BCUT2D eigenvalue weighted by atomic mass is 32.2. The van der Waals surface area contributed by atoms with E-state index in [0.29, 0.717) is 17.3 Å². The van der Waals surface area contributed by atoms with E-state index in [1.807, 2.05) is 13.8 Å². The molecular formula is C8H13N3OS. The lowest BCUT2D eigenvalue weighted by atomic mass is 10.3. The molecule has 5 heteroatoms. The molecule has 0 atom stereocenters. The molecule has 0 aromatic heterocycles. The Morgan fingerprint density at radius 1 is 1.85 bits per heavy atom. The van der Waals surface area contributed by atoms with Crippen LogP contribution in [0.15, 0.2) is 5.10 Å². The standard InChI is InChI=1S/C8H13N3OS/c1-6(2)5-10-11-7(12)3-4-13-8(11)9/h5-6,9H,3-4H2,1-2H3/b9-8-,10-5+/i/hD. The highest BCUT2D eigenvalue weighted by Gasteiger charge is 2.22. The number of amides is 1. The topological polar surface area (TPSA) is 56.5 Å². The smallest absolute Gasteiger partial charge is 0.250 e. The first-order chi connectivity index (χ1) is 6.65. The van der Waals surface area contributed by atoms with Crippen LogP contribution in [0.3, 0.4) is 0 Å². The Morgan fingerprint density at radius 2 is 2.62 bits per heavy atom. The van der Waals surface area contributed by atoms with Crippen LogP contribution >= 0.6 is 11.8 Å². The minimum Gasteiger partial charge on any atom is -0.277 e. The van der Waals surface area contributed by atoms with E-state index in [9.17, 15) is 4.79 Å². The maximum absolute atomic E-state index is 11.4. The Bertz CT molecular complexity index is 278. The van der Waals surface area contributed by atoms with Crippen molar-refractivity contribution in [3.05, 3.63) is 0 Å². The summed E-state index contributed by atoms with van der Waals surface area (Å²) in [6, 6.07) is 0. The Kier molecular flexibility index (Phi) is 2.97. The Hall–Kier alpha value is -0.840. The van der Waals surface area contributed by atoms with E-state index in [4.69, 9.17) is 1.41 Å². The molecule has 1 heterocycles. The van der Waals surface area contributed by atoms with Gasteiger partial charge in [-0.3, -0.25) is 10.2 Å². The van der Waals surface area contributed by atoms with E-state index >= 15 is 0 Å². The number of hydrazone groups is 1. The second-order valence-corrected chi connectivity index (χ2v) is 4.16. The van der Waals surface area contributed by atoms with Gasteiger partial charge in [-0.15, -0.1) is 0 Å². The lowest BCUT2D eigenvalue weighted by Gasteiger charge is -2.21. The summed E-state index contributed by atoms with van der Waals surface area (Å²) < 4.78 is 6.90. The molecule has 1 amide bonds. The number of thioether (sulfide) groups is 1. The lowest BCUT2D eigenvalue weighted by Crippen LogP contribution is -2.34. The molecular weight excluding hydrogens is 186 g/mol. The summed E-state index contributed by atoms with van der Waals surface area (Å²) >= 11 is 1.38. The molecule has 0 radical (unpaired) electrons. The fourth-order valence-electron chi connectivity index (χ4n) is 0.817. The first-order valence-corrected chi connectivity index (χ1v) is 5.15. The number of amidine groups is 1. The molecule has 0 bridgehead atoms. The maximum atomic E-state index is 11.4. The number of nitrogens with one attached hydrogen (secondary N) is 1. The van der Waals surface area contributed by atoms with Gasteiger partial charge in [0.25, 0.3) is 0 Å². The molecule has 1 N–H and O–H groups in total. The molecule has 0 aliphatic carbocycles. The van der Waals surface area contributed by atoms with Crippen molar-refractivity contribution in [1.82, 2.24) is 5.01 Å². The third-order valence-electron chi connectivity index (χ3n) is 1.44. The van der Waals surface area contributed by atoms with Crippen LogP contribution < -0.4 is 0 Å². The molecule has 0 aromatic carbocycles. The van der Waals surface area contributed by atoms with E-state index in [-0.39, 0.29) is 11.8 Å². The van der Waals surface area contributed by atoms with Gasteiger partial charge in [-0.25, -0.2) is 0 Å². The van der Waals surface area contributed by atoms with Crippen LogP contribution in [-0.4, -0.2) is 28.1 Å². The first kappa shape index (κ1) is 8.74. The van der Waals surface area contributed by atoms with Crippen molar-refractivity contribution >= 4 is 29.1 Å². The summed E-state index contributed by atoms with van der Waals surface area (Å²) in [4.78, 5) is 11.4. The van der Waals surface area contributed by atoms with Crippen molar-refractivity contribution in [3.63, 3.8) is 0 Å². The van der Waals surface area contributed by atoms with E-state index in [2.05, 4.69) is 10.5 Å². The monoisotopic (exact) mass is 200 g/mol. The van der Waals surface area contributed by atoms with Gasteiger partial charge in [0, 0.05) is 18.4 Å². The highest BCUT2D eigenvalue weighted by Crippen LogP contribution is 2.17. The number of hydrogen-bond donors (Lipinski definition) is 1. The largest absolute Gasteiger partial charge is 0.277 e. The van der Waals surface area contributed by atoms with E-state index < -0.39 is 0 Å².